The third-order valence-electron chi connectivity index (χ3n) is 1.92. The van der Waals surface area contributed by atoms with Gasteiger partial charge in [0.2, 0.25) is 5.56 Å². The van der Waals surface area contributed by atoms with Crippen LogP contribution < -0.4 is 11.3 Å². The zero-order chi connectivity index (χ0) is 10.7. The second kappa shape index (κ2) is 4.06. The summed E-state index contributed by atoms with van der Waals surface area (Å²) in [6, 6.07) is 2.06. The Bertz CT molecular complexity index is 397. The highest BCUT2D eigenvalue weighted by atomic mass is 16.4. The first-order valence-corrected chi connectivity index (χ1v) is 4.14. The van der Waals surface area contributed by atoms with Gasteiger partial charge in [-0.1, -0.05) is 6.07 Å². The predicted octanol–water partition coefficient (Wildman–Crippen LogP) is -0.660. The van der Waals surface area contributed by atoms with E-state index in [1.54, 1.807) is 19.3 Å². The second-order valence-corrected chi connectivity index (χ2v) is 3.14. The molecule has 0 fully saturated rings. The highest BCUT2D eigenvalue weighted by Gasteiger charge is 2.11. The van der Waals surface area contributed by atoms with Crippen molar-refractivity contribution in [1.29, 1.82) is 0 Å². The third-order valence-corrected chi connectivity index (χ3v) is 1.92. The van der Waals surface area contributed by atoms with Crippen molar-refractivity contribution in [3.05, 3.63) is 34.2 Å². The first kappa shape index (κ1) is 10.5. The molecule has 1 unspecified atom stereocenters. The summed E-state index contributed by atoms with van der Waals surface area (Å²) < 4.78 is 1.39. The highest BCUT2D eigenvalue weighted by Crippen LogP contribution is 1.99. The molecule has 0 saturated carbocycles. The van der Waals surface area contributed by atoms with Gasteiger partial charge in [0, 0.05) is 19.3 Å². The van der Waals surface area contributed by atoms with Crippen LogP contribution in [0.15, 0.2) is 23.1 Å². The summed E-state index contributed by atoms with van der Waals surface area (Å²) in [5, 5.41) is 8.57. The normalized spacial score (nSPS) is 12.4. The monoisotopic (exact) mass is 196 g/mol. The minimum atomic E-state index is -1.04. The van der Waals surface area contributed by atoms with Crippen molar-refractivity contribution >= 4 is 5.97 Å². The molecule has 76 valence electrons. The number of carboxylic acids is 1. The van der Waals surface area contributed by atoms with Crippen LogP contribution in [0.4, 0.5) is 0 Å². The molecule has 1 atom stereocenters. The number of hydrogen-bond donors (Lipinski definition) is 2. The van der Waals surface area contributed by atoms with Gasteiger partial charge in [-0.05, 0) is 12.0 Å². The zero-order valence-electron chi connectivity index (χ0n) is 7.80. The van der Waals surface area contributed by atoms with E-state index in [0.717, 1.165) is 5.56 Å². The predicted molar refractivity (Wildman–Crippen MR) is 51.0 cm³/mol. The molecule has 0 radical (unpaired) electrons. The topological polar surface area (TPSA) is 85.3 Å². The largest absolute Gasteiger partial charge is 0.480 e. The van der Waals surface area contributed by atoms with E-state index in [1.165, 1.54) is 10.6 Å². The molecule has 1 rings (SSSR count). The highest BCUT2D eigenvalue weighted by molar-refractivity contribution is 5.73. The van der Waals surface area contributed by atoms with Gasteiger partial charge < -0.3 is 15.4 Å². The quantitative estimate of drug-likeness (QED) is 0.672. The molecule has 0 aliphatic carbocycles. The molecule has 5 nitrogen and oxygen atoms in total. The molecule has 0 spiro atoms. The van der Waals surface area contributed by atoms with Gasteiger partial charge in [0.05, 0.1) is 0 Å². The average molecular weight is 196 g/mol. The number of pyridine rings is 1. The molecule has 0 aromatic carbocycles. The van der Waals surface area contributed by atoms with E-state index in [9.17, 15) is 9.59 Å². The number of hydrogen-bond acceptors (Lipinski definition) is 3. The minimum Gasteiger partial charge on any atom is -0.480 e. The number of nitrogens with two attached hydrogens (primary N) is 1. The smallest absolute Gasteiger partial charge is 0.320 e. The Morgan fingerprint density at radius 1 is 1.64 bits per heavy atom. The van der Waals surface area contributed by atoms with Crippen molar-refractivity contribution in [2.24, 2.45) is 12.8 Å². The van der Waals surface area contributed by atoms with Crippen molar-refractivity contribution < 1.29 is 9.90 Å². The Morgan fingerprint density at radius 2 is 2.29 bits per heavy atom. The van der Waals surface area contributed by atoms with Crippen LogP contribution in [0.1, 0.15) is 5.56 Å². The van der Waals surface area contributed by atoms with E-state index >= 15 is 0 Å². The lowest BCUT2D eigenvalue weighted by atomic mass is 10.1. The second-order valence-electron chi connectivity index (χ2n) is 3.14. The van der Waals surface area contributed by atoms with Crippen LogP contribution in [-0.2, 0) is 18.3 Å². The SMILES string of the molecule is Cn1cc(CC(N)C(=O)O)ccc1=O. The van der Waals surface area contributed by atoms with E-state index in [1.807, 2.05) is 0 Å². The lowest BCUT2D eigenvalue weighted by Gasteiger charge is -2.06. The van der Waals surface area contributed by atoms with Crippen LogP contribution in [-0.4, -0.2) is 21.7 Å². The molecule has 14 heavy (non-hydrogen) atoms. The molecule has 1 heterocycles. The van der Waals surface area contributed by atoms with Crippen LogP contribution >= 0.6 is 0 Å². The molecule has 5 heteroatoms. The summed E-state index contributed by atoms with van der Waals surface area (Å²) in [4.78, 5) is 21.5. The maximum absolute atomic E-state index is 11.0. The van der Waals surface area contributed by atoms with Gasteiger partial charge in [0.1, 0.15) is 6.04 Å². The fraction of sp³-hybridized carbons (Fsp3) is 0.333. The summed E-state index contributed by atoms with van der Waals surface area (Å²) in [5.74, 6) is -1.04. The minimum absolute atomic E-state index is 0.127. The van der Waals surface area contributed by atoms with Crippen LogP contribution in [0.5, 0.6) is 0 Å². The Balaban J connectivity index is 2.83. The number of carbonyl (C=O) groups is 1. The fourth-order valence-corrected chi connectivity index (χ4v) is 1.11. The molecule has 0 aliphatic rings. The van der Waals surface area contributed by atoms with Gasteiger partial charge in [-0.3, -0.25) is 9.59 Å². The van der Waals surface area contributed by atoms with Crippen molar-refractivity contribution in [3.8, 4) is 0 Å². The summed E-state index contributed by atoms with van der Waals surface area (Å²) >= 11 is 0. The summed E-state index contributed by atoms with van der Waals surface area (Å²) in [6.45, 7) is 0. The molecule has 0 amide bonds. The maximum Gasteiger partial charge on any atom is 0.320 e. The van der Waals surface area contributed by atoms with E-state index in [2.05, 4.69) is 0 Å². The number of nitrogens with zero attached hydrogens (tertiary/aromatic N) is 1. The van der Waals surface area contributed by atoms with E-state index in [0.29, 0.717) is 0 Å². The Labute approximate surface area is 80.8 Å². The van der Waals surface area contributed by atoms with E-state index in [4.69, 9.17) is 10.8 Å². The number of rotatable bonds is 3. The first-order valence-electron chi connectivity index (χ1n) is 4.14. The van der Waals surface area contributed by atoms with Gasteiger partial charge in [-0.15, -0.1) is 0 Å². The van der Waals surface area contributed by atoms with Crippen LogP contribution in [0.25, 0.3) is 0 Å². The van der Waals surface area contributed by atoms with E-state index < -0.39 is 12.0 Å². The van der Waals surface area contributed by atoms with Gasteiger partial charge in [0.15, 0.2) is 0 Å². The first-order chi connectivity index (χ1) is 6.50. The molecule has 0 aliphatic heterocycles. The summed E-state index contributed by atoms with van der Waals surface area (Å²) in [7, 11) is 1.61. The van der Waals surface area contributed by atoms with Crippen molar-refractivity contribution in [2.75, 3.05) is 0 Å². The van der Waals surface area contributed by atoms with Gasteiger partial charge in [0.25, 0.3) is 0 Å². The lowest BCUT2D eigenvalue weighted by molar-refractivity contribution is -0.138. The molecule has 1 aromatic heterocycles. The lowest BCUT2D eigenvalue weighted by Crippen LogP contribution is -2.32. The molecular formula is C9H12N2O3. The zero-order valence-corrected chi connectivity index (χ0v) is 7.80. The van der Waals surface area contributed by atoms with Crippen molar-refractivity contribution in [2.45, 2.75) is 12.5 Å². The van der Waals surface area contributed by atoms with Crippen LogP contribution in [0, 0.1) is 0 Å². The van der Waals surface area contributed by atoms with Crippen LogP contribution in [0.2, 0.25) is 0 Å². The van der Waals surface area contributed by atoms with Gasteiger partial charge >= 0.3 is 5.97 Å². The number of carboxylic acid groups (broad SMARTS) is 1. The number of aryl methyl sites for hydroxylation is 1. The van der Waals surface area contributed by atoms with Crippen molar-refractivity contribution in [1.82, 2.24) is 4.57 Å². The Hall–Kier alpha value is -1.62. The summed E-state index contributed by atoms with van der Waals surface area (Å²) in [5.41, 5.74) is 5.96. The third kappa shape index (κ3) is 2.43. The van der Waals surface area contributed by atoms with Gasteiger partial charge in [-0.2, -0.15) is 0 Å². The summed E-state index contributed by atoms with van der Waals surface area (Å²) in [6.07, 6.45) is 1.81. The standard InChI is InChI=1S/C9H12N2O3/c1-11-5-6(2-3-8(11)12)4-7(10)9(13)14/h2-3,5,7H,4,10H2,1H3,(H,13,14). The number of aliphatic carboxylic acids is 1. The Morgan fingerprint density at radius 3 is 2.79 bits per heavy atom. The maximum atomic E-state index is 11.0. The van der Waals surface area contributed by atoms with Crippen molar-refractivity contribution in [3.63, 3.8) is 0 Å². The Kier molecular flexibility index (Phi) is 3.03. The van der Waals surface area contributed by atoms with E-state index in [-0.39, 0.29) is 12.0 Å². The molecule has 1 aromatic rings. The molecule has 0 saturated heterocycles. The fourth-order valence-electron chi connectivity index (χ4n) is 1.11. The molecular weight excluding hydrogens is 184 g/mol. The average Bonchev–Trinajstić information content (AvgIpc) is 2.11. The molecule has 0 bridgehead atoms. The molecule has 3 N–H and O–H groups in total. The number of aromatic nitrogens is 1. The van der Waals surface area contributed by atoms with Crippen LogP contribution in [0.3, 0.4) is 0 Å². The van der Waals surface area contributed by atoms with Gasteiger partial charge in [-0.25, -0.2) is 0 Å².